The second-order valence-corrected chi connectivity index (χ2v) is 10.7. The van der Waals surface area contributed by atoms with Gasteiger partial charge in [-0.1, -0.05) is 13.8 Å². The zero-order chi connectivity index (χ0) is 27.9. The summed E-state index contributed by atoms with van der Waals surface area (Å²) in [6.07, 6.45) is -1.21. The predicted molar refractivity (Wildman–Crippen MR) is 125 cm³/mol. The van der Waals surface area contributed by atoms with Crippen LogP contribution < -0.4 is 16.7 Å². The molecular weight excluding hydrogens is 502 g/mol. The highest BCUT2D eigenvalue weighted by molar-refractivity contribution is 6.56. The summed E-state index contributed by atoms with van der Waals surface area (Å²) in [5.41, 5.74) is 8.71. The molecule has 210 valence electrons. The van der Waals surface area contributed by atoms with Crippen LogP contribution in [-0.2, 0) is 28.8 Å². The summed E-state index contributed by atoms with van der Waals surface area (Å²) >= 11 is 0. The third-order valence-corrected chi connectivity index (χ3v) is 6.52. The van der Waals surface area contributed by atoms with Gasteiger partial charge in [0.05, 0.1) is 12.5 Å². The molecular formula is C20H38N3O12Si-. The van der Waals surface area contributed by atoms with E-state index in [1.54, 1.807) is 6.92 Å². The minimum atomic E-state index is -4.13. The van der Waals surface area contributed by atoms with Crippen molar-refractivity contribution in [1.29, 1.82) is 0 Å². The van der Waals surface area contributed by atoms with Gasteiger partial charge < -0.3 is 45.8 Å². The zero-order valence-corrected chi connectivity index (χ0v) is 21.4. The molecule has 9 N–H and O–H groups in total. The number of rotatable bonds is 20. The Labute approximate surface area is 209 Å². The molecule has 0 radical (unpaired) electrons. The first kappa shape index (κ1) is 33.8. The first-order chi connectivity index (χ1) is 16.7. The van der Waals surface area contributed by atoms with Crippen molar-refractivity contribution in [2.24, 2.45) is 29.4 Å². The van der Waals surface area contributed by atoms with Gasteiger partial charge in [-0.05, 0) is 32.1 Å². The molecule has 5 unspecified atom stereocenters. The molecule has 0 spiro atoms. The van der Waals surface area contributed by atoms with Gasteiger partial charge in [0.2, 0.25) is 17.7 Å². The summed E-state index contributed by atoms with van der Waals surface area (Å²) in [5, 5.41) is 30.0. The molecule has 0 rings (SSSR count). The first-order valence-corrected chi connectivity index (χ1v) is 13.5. The largest absolute Gasteiger partial charge is 0.759 e. The molecule has 0 heterocycles. The van der Waals surface area contributed by atoms with Crippen molar-refractivity contribution in [3.05, 3.63) is 5.21 Å². The average Bonchev–Trinajstić information content (AvgIpc) is 2.78. The number of aliphatic hydroxyl groups excluding tert-OH is 1. The molecule has 0 fully saturated rings. The summed E-state index contributed by atoms with van der Waals surface area (Å²) in [7, 11) is -4.13. The highest BCUT2D eigenvalue weighted by Crippen LogP contribution is 2.26. The summed E-state index contributed by atoms with van der Waals surface area (Å²) in [5.74, 6) is -7.40. The Morgan fingerprint density at radius 1 is 1.00 bits per heavy atom. The van der Waals surface area contributed by atoms with E-state index in [2.05, 4.69) is 5.48 Å². The van der Waals surface area contributed by atoms with Gasteiger partial charge in [-0.3, -0.25) is 24.0 Å². The number of hydrogen-bond donors (Lipinski definition) is 8. The Bertz CT molecular complexity index is 706. The van der Waals surface area contributed by atoms with Gasteiger partial charge in [-0.25, -0.2) is 5.48 Å². The summed E-state index contributed by atoms with van der Waals surface area (Å²) in [6.45, 7) is 2.60. The first-order valence-electron chi connectivity index (χ1n) is 11.5. The molecule has 16 heteroatoms. The number of aliphatic hydroxyl groups is 1. The summed E-state index contributed by atoms with van der Waals surface area (Å²) < 4.78 is 5.09. The van der Waals surface area contributed by atoms with Crippen LogP contribution in [0, 0.1) is 28.9 Å². The van der Waals surface area contributed by atoms with E-state index in [0.717, 1.165) is 0 Å². The number of primary amides is 1. The standard InChI is InChI=1S/C20H38N3O12Si/c1-3-13(20(28)29)8-14(17(21)25)9-15(19(27)22-30)7-12(2)18(26)23-35-11-16(24)10-34-5-4-6-36(31,32)33/h12-16,24,31-33H,3-11H2,1-2H3,(H5-,21,22,23,25,26,27,28,29,30)/q-1. The molecule has 36 heavy (non-hydrogen) atoms. The van der Waals surface area contributed by atoms with Gasteiger partial charge in [-0.2, -0.15) is 0 Å². The molecule has 0 saturated heterocycles. The molecule has 0 aromatic carbocycles. The highest BCUT2D eigenvalue weighted by atomic mass is 28.4. The number of ether oxygens (including phenoxy) is 1. The monoisotopic (exact) mass is 540 g/mol. The number of carbonyl (C=O) groups excluding carboxylic acids is 3. The van der Waals surface area contributed by atoms with E-state index in [4.69, 9.17) is 29.7 Å². The number of nitrogens with two attached hydrogens (primary N) is 1. The fraction of sp³-hybridized carbons (Fsp3) is 0.800. The van der Waals surface area contributed by atoms with Gasteiger partial charge in [-0.15, -0.1) is 0 Å². The molecule has 0 aliphatic rings. The van der Waals surface area contributed by atoms with E-state index in [9.17, 15) is 34.6 Å². The minimum Gasteiger partial charge on any atom is -0.759 e. The van der Waals surface area contributed by atoms with Gasteiger partial charge >= 0.3 is 14.8 Å². The van der Waals surface area contributed by atoms with Crippen LogP contribution in [0.25, 0.3) is 0 Å². The smallest absolute Gasteiger partial charge is 0.492 e. The maximum atomic E-state index is 12.3. The highest BCUT2D eigenvalue weighted by Gasteiger charge is 2.31. The topological polar surface area (TPSA) is 261 Å². The fourth-order valence-corrected chi connectivity index (χ4v) is 3.99. The lowest BCUT2D eigenvalue weighted by atomic mass is 9.82. The molecule has 15 nitrogen and oxygen atoms in total. The summed E-state index contributed by atoms with van der Waals surface area (Å²) in [4.78, 5) is 79.1. The van der Waals surface area contributed by atoms with Crippen LogP contribution in [0.15, 0.2) is 0 Å². The van der Waals surface area contributed by atoms with Crippen LogP contribution in [0.1, 0.15) is 46.0 Å². The van der Waals surface area contributed by atoms with Crippen LogP contribution in [0.5, 0.6) is 0 Å². The number of nitrogens with one attached hydrogen (secondary N) is 2. The van der Waals surface area contributed by atoms with E-state index in [-0.39, 0.29) is 58.0 Å². The Morgan fingerprint density at radius 3 is 2.11 bits per heavy atom. The lowest BCUT2D eigenvalue weighted by Gasteiger charge is -2.26. The lowest BCUT2D eigenvalue weighted by molar-refractivity contribution is -0.143. The Morgan fingerprint density at radius 2 is 1.61 bits per heavy atom. The number of carbonyl (C=O) groups is 4. The molecule has 0 aromatic heterocycles. The van der Waals surface area contributed by atoms with Crippen LogP contribution in [-0.4, -0.2) is 83.0 Å². The average molecular weight is 541 g/mol. The van der Waals surface area contributed by atoms with Crippen LogP contribution in [0.4, 0.5) is 0 Å². The SMILES string of the molecule is CCC(CC(CC(CC(C)C(=O)NOCC(O)COCCC[Si](O)(O)O)C(=O)N[O-])C(N)=O)C(=O)O. The summed E-state index contributed by atoms with van der Waals surface area (Å²) in [6, 6.07) is -0.210. The van der Waals surface area contributed by atoms with Crippen molar-refractivity contribution in [2.45, 2.75) is 58.1 Å². The van der Waals surface area contributed by atoms with Gasteiger partial charge in [0, 0.05) is 30.4 Å². The van der Waals surface area contributed by atoms with Crippen molar-refractivity contribution >= 4 is 32.5 Å². The van der Waals surface area contributed by atoms with Crippen molar-refractivity contribution in [3.8, 4) is 0 Å². The molecule has 5 atom stereocenters. The van der Waals surface area contributed by atoms with Gasteiger partial charge in [0.15, 0.2) is 0 Å². The zero-order valence-electron chi connectivity index (χ0n) is 20.4. The predicted octanol–water partition coefficient (Wildman–Crippen LogP) is -2.03. The number of carboxylic acid groups (broad SMARTS) is 1. The van der Waals surface area contributed by atoms with E-state index >= 15 is 0 Å². The van der Waals surface area contributed by atoms with E-state index in [1.807, 2.05) is 0 Å². The number of aliphatic carboxylic acids is 1. The number of carboxylic acids is 1. The second kappa shape index (κ2) is 17.3. The van der Waals surface area contributed by atoms with Crippen molar-refractivity contribution in [3.63, 3.8) is 0 Å². The number of amides is 3. The Hall–Kier alpha value is -2.18. The van der Waals surface area contributed by atoms with Crippen molar-refractivity contribution in [1.82, 2.24) is 11.0 Å². The van der Waals surface area contributed by atoms with Crippen LogP contribution in [0.3, 0.4) is 0 Å². The van der Waals surface area contributed by atoms with Crippen molar-refractivity contribution < 1.29 is 53.4 Å². The van der Waals surface area contributed by atoms with E-state index in [0.29, 0.717) is 0 Å². The third kappa shape index (κ3) is 15.0. The second-order valence-electron chi connectivity index (χ2n) is 8.70. The molecule has 0 saturated carbocycles. The van der Waals surface area contributed by atoms with Crippen molar-refractivity contribution in [2.75, 3.05) is 19.8 Å². The number of hydroxylamine groups is 2. The number of hydrogen-bond acceptors (Lipinski definition) is 11. The van der Waals surface area contributed by atoms with Gasteiger partial charge in [0.1, 0.15) is 12.7 Å². The minimum absolute atomic E-state index is 0.0534. The molecule has 0 aliphatic carbocycles. The maximum absolute atomic E-state index is 12.3. The molecule has 0 bridgehead atoms. The van der Waals surface area contributed by atoms with Crippen LogP contribution in [0.2, 0.25) is 6.04 Å². The fourth-order valence-electron chi connectivity index (χ4n) is 3.37. The van der Waals surface area contributed by atoms with E-state index in [1.165, 1.54) is 12.4 Å². The van der Waals surface area contributed by atoms with Gasteiger partial charge in [0.25, 0.3) is 0 Å². The Balaban J connectivity index is 4.70. The molecule has 3 amide bonds. The van der Waals surface area contributed by atoms with E-state index < -0.39 is 62.3 Å². The quantitative estimate of drug-likeness (QED) is 0.0472. The van der Waals surface area contributed by atoms with Crippen LogP contribution >= 0.6 is 0 Å². The third-order valence-electron chi connectivity index (χ3n) is 5.50. The molecule has 0 aromatic rings. The molecule has 0 aliphatic heterocycles. The Kier molecular flexibility index (Phi) is 16.3. The normalized spacial score (nSPS) is 15.9. The maximum Gasteiger partial charge on any atom is 0.492 e. The lowest BCUT2D eigenvalue weighted by Crippen LogP contribution is -2.38.